The van der Waals surface area contributed by atoms with E-state index in [9.17, 15) is 0 Å². The minimum absolute atomic E-state index is 0.543. The molecule has 0 rings (SSSR count). The Morgan fingerprint density at radius 1 is 0.818 bits per heavy atom. The van der Waals surface area contributed by atoms with Crippen LogP contribution in [-0.2, 0) is 4.74 Å². The average Bonchev–Trinajstić information content (AvgIpc) is 2.03. The molecule has 0 spiro atoms. The van der Waals surface area contributed by atoms with Gasteiger partial charge in [0.25, 0.3) is 0 Å². The molecular weight excluding hydrogens is 183 g/mol. The summed E-state index contributed by atoms with van der Waals surface area (Å²) in [6.45, 7) is 1.22. The highest BCUT2D eigenvalue weighted by molar-refractivity contribution is 6.19. The van der Waals surface area contributed by atoms with Crippen LogP contribution in [0.3, 0.4) is 0 Å². The zero-order chi connectivity index (χ0) is 8.36. The van der Waals surface area contributed by atoms with Gasteiger partial charge in [0.2, 0.25) is 0 Å². The average molecular weight is 195 g/mol. The van der Waals surface area contributed by atoms with Crippen LogP contribution in [0, 0.1) is 0 Å². The second-order valence-corrected chi connectivity index (χ2v) is 2.41. The van der Waals surface area contributed by atoms with Crippen LogP contribution in [0.1, 0.15) is 0 Å². The molecule has 0 aromatic heterocycles. The molecule has 64 valence electrons. The number of rotatable bonds is 6. The van der Waals surface area contributed by atoms with Crippen LogP contribution in [0.5, 0.6) is 0 Å². The first-order valence-electron chi connectivity index (χ1n) is 3.41. The summed E-state index contributed by atoms with van der Waals surface area (Å²) in [5, 5.41) is 0. The van der Waals surface area contributed by atoms with E-state index in [1.165, 1.54) is 0 Å². The summed E-state index contributed by atoms with van der Waals surface area (Å²) < 4.78 is 5.15. The van der Waals surface area contributed by atoms with Crippen molar-refractivity contribution in [2.45, 2.75) is 0 Å². The third-order valence-corrected chi connectivity index (χ3v) is 1.30. The van der Waals surface area contributed by atoms with Gasteiger partial charge in [-0.25, -0.2) is 0 Å². The second-order valence-electron chi connectivity index (χ2n) is 1.79. The van der Waals surface area contributed by atoms with Crippen LogP contribution in [-0.4, -0.2) is 25.0 Å². The van der Waals surface area contributed by atoms with Crippen molar-refractivity contribution < 1.29 is 4.74 Å². The minimum atomic E-state index is 0.543. The van der Waals surface area contributed by atoms with E-state index in [4.69, 9.17) is 27.9 Å². The Kier molecular flexibility index (Phi) is 10.0. The van der Waals surface area contributed by atoms with Crippen LogP contribution in [0.4, 0.5) is 0 Å². The highest BCUT2D eigenvalue weighted by atomic mass is 35.5. The van der Waals surface area contributed by atoms with Crippen molar-refractivity contribution >= 4 is 23.2 Å². The van der Waals surface area contributed by atoms with Gasteiger partial charge in [-0.15, -0.1) is 23.2 Å². The number of hydrogen-bond acceptors (Lipinski definition) is 1. The SMILES string of the molecule is ClCC=CCOCC=CCCl. The van der Waals surface area contributed by atoms with Gasteiger partial charge in [-0.1, -0.05) is 24.3 Å². The van der Waals surface area contributed by atoms with E-state index >= 15 is 0 Å². The van der Waals surface area contributed by atoms with Crippen LogP contribution >= 0.6 is 23.2 Å². The molecule has 0 atom stereocenters. The summed E-state index contributed by atoms with van der Waals surface area (Å²) in [7, 11) is 0. The molecule has 0 fully saturated rings. The third kappa shape index (κ3) is 10.0. The fourth-order valence-corrected chi connectivity index (χ4v) is 0.718. The molecule has 0 heterocycles. The highest BCUT2D eigenvalue weighted by Gasteiger charge is 1.77. The van der Waals surface area contributed by atoms with E-state index in [1.807, 2.05) is 24.3 Å². The molecule has 0 saturated heterocycles. The first-order valence-corrected chi connectivity index (χ1v) is 4.48. The largest absolute Gasteiger partial charge is 0.373 e. The molecule has 0 saturated carbocycles. The molecule has 1 nitrogen and oxygen atoms in total. The normalized spacial score (nSPS) is 11.8. The van der Waals surface area contributed by atoms with Crippen LogP contribution in [0.2, 0.25) is 0 Å². The number of ether oxygens (including phenoxy) is 1. The van der Waals surface area contributed by atoms with E-state index in [0.717, 1.165) is 0 Å². The van der Waals surface area contributed by atoms with Crippen molar-refractivity contribution in [2.75, 3.05) is 25.0 Å². The lowest BCUT2D eigenvalue weighted by Crippen LogP contribution is -1.90. The van der Waals surface area contributed by atoms with Gasteiger partial charge in [0.15, 0.2) is 0 Å². The molecule has 0 unspecified atom stereocenters. The second kappa shape index (κ2) is 10.0. The lowest BCUT2D eigenvalue weighted by Gasteiger charge is -1.92. The van der Waals surface area contributed by atoms with E-state index in [0.29, 0.717) is 25.0 Å². The molecule has 0 aliphatic heterocycles. The predicted molar refractivity (Wildman–Crippen MR) is 50.5 cm³/mol. The van der Waals surface area contributed by atoms with Gasteiger partial charge in [-0.05, 0) is 0 Å². The van der Waals surface area contributed by atoms with Gasteiger partial charge in [-0.3, -0.25) is 0 Å². The Hall–Kier alpha value is 0.0200. The lowest BCUT2D eigenvalue weighted by atomic mass is 10.5. The molecule has 0 radical (unpaired) electrons. The molecule has 3 heteroatoms. The Morgan fingerprint density at radius 3 is 1.64 bits per heavy atom. The molecule has 0 N–H and O–H groups in total. The van der Waals surface area contributed by atoms with Crippen molar-refractivity contribution in [3.63, 3.8) is 0 Å². The van der Waals surface area contributed by atoms with Crippen molar-refractivity contribution in [1.29, 1.82) is 0 Å². The van der Waals surface area contributed by atoms with Crippen LogP contribution in [0.25, 0.3) is 0 Å². The lowest BCUT2D eigenvalue weighted by molar-refractivity contribution is 0.194. The first-order chi connectivity index (χ1) is 5.41. The first kappa shape index (κ1) is 11.0. The van der Waals surface area contributed by atoms with E-state index in [2.05, 4.69) is 0 Å². The molecule has 0 aromatic rings. The Balaban J connectivity index is 3.02. The number of halogens is 2. The maximum Gasteiger partial charge on any atom is 0.0652 e. The summed E-state index contributed by atoms with van der Waals surface area (Å²) in [5.74, 6) is 1.09. The van der Waals surface area contributed by atoms with Gasteiger partial charge in [0.1, 0.15) is 0 Å². The highest BCUT2D eigenvalue weighted by Crippen LogP contribution is 1.83. The summed E-state index contributed by atoms with van der Waals surface area (Å²) >= 11 is 10.8. The standard InChI is InChI=1S/C8H12Cl2O/c9-5-1-3-7-11-8-4-2-6-10/h1-4H,5-8H2. The van der Waals surface area contributed by atoms with Gasteiger partial charge >= 0.3 is 0 Å². The summed E-state index contributed by atoms with van der Waals surface area (Å²) in [6, 6.07) is 0. The monoisotopic (exact) mass is 194 g/mol. The summed E-state index contributed by atoms with van der Waals surface area (Å²) in [6.07, 6.45) is 7.49. The van der Waals surface area contributed by atoms with Gasteiger partial charge < -0.3 is 4.74 Å². The smallest absolute Gasteiger partial charge is 0.0652 e. The fraction of sp³-hybridized carbons (Fsp3) is 0.500. The third-order valence-electron chi connectivity index (χ3n) is 0.940. The predicted octanol–water partition coefficient (Wildman–Crippen LogP) is 2.59. The molecule has 0 aliphatic rings. The molecule has 0 bridgehead atoms. The Labute approximate surface area is 77.6 Å². The van der Waals surface area contributed by atoms with Crippen molar-refractivity contribution in [3.8, 4) is 0 Å². The van der Waals surface area contributed by atoms with Crippen molar-refractivity contribution in [2.24, 2.45) is 0 Å². The van der Waals surface area contributed by atoms with Crippen LogP contribution in [0.15, 0.2) is 24.3 Å². The number of alkyl halides is 2. The maximum atomic E-state index is 5.39. The van der Waals surface area contributed by atoms with E-state index in [-0.39, 0.29) is 0 Å². The minimum Gasteiger partial charge on any atom is -0.373 e. The molecular formula is C8H12Cl2O. The molecule has 0 aliphatic carbocycles. The number of allylic oxidation sites excluding steroid dienone is 2. The van der Waals surface area contributed by atoms with Crippen LogP contribution < -0.4 is 0 Å². The summed E-state index contributed by atoms with van der Waals surface area (Å²) in [4.78, 5) is 0. The topological polar surface area (TPSA) is 9.23 Å². The Morgan fingerprint density at radius 2 is 1.27 bits per heavy atom. The van der Waals surface area contributed by atoms with Gasteiger partial charge in [-0.2, -0.15) is 0 Å². The zero-order valence-corrected chi connectivity index (χ0v) is 7.81. The van der Waals surface area contributed by atoms with E-state index in [1.54, 1.807) is 0 Å². The summed E-state index contributed by atoms with van der Waals surface area (Å²) in [5.41, 5.74) is 0. The van der Waals surface area contributed by atoms with Gasteiger partial charge in [0.05, 0.1) is 13.2 Å². The van der Waals surface area contributed by atoms with Gasteiger partial charge in [0, 0.05) is 11.8 Å². The molecule has 11 heavy (non-hydrogen) atoms. The molecule has 0 aromatic carbocycles. The Bertz CT molecular complexity index is 107. The number of hydrogen-bond donors (Lipinski definition) is 0. The zero-order valence-electron chi connectivity index (χ0n) is 6.30. The maximum absolute atomic E-state index is 5.39. The quantitative estimate of drug-likeness (QED) is 0.359. The van der Waals surface area contributed by atoms with Crippen molar-refractivity contribution in [3.05, 3.63) is 24.3 Å². The van der Waals surface area contributed by atoms with Crippen molar-refractivity contribution in [1.82, 2.24) is 0 Å². The fourth-order valence-electron chi connectivity index (χ4n) is 0.466. The molecule has 0 amide bonds. The van der Waals surface area contributed by atoms with E-state index < -0.39 is 0 Å².